The fraction of sp³-hybridized carbons (Fsp3) is 1.00. The van der Waals surface area contributed by atoms with Crippen molar-refractivity contribution in [3.63, 3.8) is 0 Å². The molecule has 33 heavy (non-hydrogen) atoms. The maximum Gasteiger partial charge on any atom is 0.460 e. The Kier molecular flexibility index (Phi) is 9.61. The second-order valence-electron chi connectivity index (χ2n) is 6.45. The molecule has 0 N–H and O–H groups in total. The lowest BCUT2D eigenvalue weighted by Gasteiger charge is -2.41. The van der Waals surface area contributed by atoms with Gasteiger partial charge < -0.3 is 8.85 Å². The van der Waals surface area contributed by atoms with E-state index in [4.69, 9.17) is 19.9 Å². The van der Waals surface area contributed by atoms with Crippen molar-refractivity contribution in [2.75, 3.05) is 13.2 Å². The van der Waals surface area contributed by atoms with Crippen molar-refractivity contribution in [3.8, 4) is 0 Å². The predicted molar refractivity (Wildman–Crippen MR) is 84.6 cm³/mol. The summed E-state index contributed by atoms with van der Waals surface area (Å²) < 4.78 is 206. The van der Waals surface area contributed by atoms with Crippen molar-refractivity contribution in [1.82, 2.24) is 0 Å². The molecule has 0 atom stereocenters. The Bertz CT molecular complexity index is 647. The van der Waals surface area contributed by atoms with Gasteiger partial charge in [0.1, 0.15) is 0 Å². The average Bonchev–Trinajstić information content (AvgIpc) is 2.60. The lowest BCUT2D eigenvalue weighted by molar-refractivity contribution is -0.452. The van der Waals surface area contributed by atoms with Crippen LogP contribution in [0.15, 0.2) is 0 Å². The van der Waals surface area contributed by atoms with Gasteiger partial charge in [-0.3, -0.25) is 0 Å². The molecule has 0 unspecified atom stereocenters. The molecule has 0 aromatic heterocycles. The summed E-state index contributed by atoms with van der Waals surface area (Å²) in [5.74, 6) is -46.4. The molecule has 0 spiro atoms. The molecule has 0 saturated carbocycles. The SMILES string of the molecule is CCO[Si](Cl)(CCCC(F)(F)C(F)(F)C(F)(F)C(F)(F)C(F)(F)C(F)(F)C(F)(F)F)OCC. The molecule has 0 aromatic rings. The maximum absolute atomic E-state index is 13.8. The molecule has 0 aliphatic carbocycles. The van der Waals surface area contributed by atoms with Gasteiger partial charge in [-0.15, -0.1) is 0 Å². The maximum atomic E-state index is 13.8. The van der Waals surface area contributed by atoms with Crippen LogP contribution in [0, 0.1) is 0 Å². The second-order valence-corrected chi connectivity index (χ2v) is 10.6. The molecule has 0 rings (SSSR count). The normalized spacial score (nSPS) is 15.8. The summed E-state index contributed by atoms with van der Waals surface area (Å²) in [6.07, 6.45) is -11.4. The highest BCUT2D eigenvalue weighted by atomic mass is 35.6. The van der Waals surface area contributed by atoms with E-state index in [0.29, 0.717) is 0 Å². The molecular weight excluding hydrogens is 549 g/mol. The van der Waals surface area contributed by atoms with Crippen LogP contribution in [0.5, 0.6) is 0 Å². The minimum atomic E-state index is -8.28. The van der Waals surface area contributed by atoms with Crippen molar-refractivity contribution in [3.05, 3.63) is 0 Å². The van der Waals surface area contributed by atoms with Gasteiger partial charge in [-0.1, -0.05) is 11.1 Å². The number of hydrogen-bond donors (Lipinski definition) is 0. The third kappa shape index (κ3) is 5.63. The van der Waals surface area contributed by atoms with Crippen LogP contribution in [0.25, 0.3) is 0 Å². The fourth-order valence-electron chi connectivity index (χ4n) is 2.29. The first kappa shape index (κ1) is 32.4. The lowest BCUT2D eigenvalue weighted by atomic mass is 9.90. The van der Waals surface area contributed by atoms with Gasteiger partial charge in [0.25, 0.3) is 0 Å². The Balaban J connectivity index is 6.03. The molecular formula is C14H16ClF15O2Si. The van der Waals surface area contributed by atoms with E-state index < -0.39 is 68.5 Å². The zero-order chi connectivity index (χ0) is 26.9. The van der Waals surface area contributed by atoms with Crippen LogP contribution in [0.1, 0.15) is 26.7 Å². The van der Waals surface area contributed by atoms with Crippen LogP contribution in [-0.2, 0) is 8.85 Å². The van der Waals surface area contributed by atoms with Crippen molar-refractivity contribution in [1.29, 1.82) is 0 Å². The topological polar surface area (TPSA) is 18.5 Å². The predicted octanol–water partition coefficient (Wildman–Crippen LogP) is 7.39. The summed E-state index contributed by atoms with van der Waals surface area (Å²) in [4.78, 5) is 0. The van der Waals surface area contributed by atoms with Crippen LogP contribution in [-0.4, -0.2) is 62.8 Å². The minimum Gasteiger partial charge on any atom is -0.383 e. The van der Waals surface area contributed by atoms with Crippen LogP contribution >= 0.6 is 11.1 Å². The minimum absolute atomic E-state index is 0.185. The molecule has 19 heteroatoms. The first-order valence-corrected chi connectivity index (χ1v) is 11.7. The molecule has 0 aliphatic heterocycles. The third-order valence-electron chi connectivity index (χ3n) is 4.08. The van der Waals surface area contributed by atoms with E-state index in [1.165, 1.54) is 13.8 Å². The second kappa shape index (κ2) is 9.79. The molecule has 0 aromatic carbocycles. The monoisotopic (exact) mass is 564 g/mol. The molecule has 0 amide bonds. The Labute approximate surface area is 182 Å². The largest absolute Gasteiger partial charge is 0.460 e. The van der Waals surface area contributed by atoms with Crippen molar-refractivity contribution < 1.29 is 74.7 Å². The highest BCUT2D eigenvalue weighted by Gasteiger charge is 2.93. The van der Waals surface area contributed by atoms with E-state index in [2.05, 4.69) is 0 Å². The smallest absolute Gasteiger partial charge is 0.383 e. The standard InChI is InChI=1S/C14H16ClF15O2Si/c1-3-31-33(15,32-4-2)7-5-6-8(16,17)9(18,19)10(20,21)11(22,23)12(24,25)13(26,27)14(28,29)30/h3-7H2,1-2H3. The lowest BCUT2D eigenvalue weighted by Crippen LogP contribution is -2.72. The molecule has 0 radical (unpaired) electrons. The quantitative estimate of drug-likeness (QED) is 0.132. The van der Waals surface area contributed by atoms with Crippen molar-refractivity contribution in [2.45, 2.75) is 74.4 Å². The van der Waals surface area contributed by atoms with E-state index >= 15 is 0 Å². The highest BCUT2D eigenvalue weighted by Crippen LogP contribution is 2.62. The van der Waals surface area contributed by atoms with E-state index in [1.807, 2.05) is 0 Å². The third-order valence-corrected chi connectivity index (χ3v) is 7.69. The van der Waals surface area contributed by atoms with Crippen molar-refractivity contribution in [2.24, 2.45) is 0 Å². The number of halogens is 16. The van der Waals surface area contributed by atoms with Gasteiger partial charge in [0.05, 0.1) is 0 Å². The van der Waals surface area contributed by atoms with E-state index in [-0.39, 0.29) is 13.2 Å². The van der Waals surface area contributed by atoms with Crippen LogP contribution in [0.3, 0.4) is 0 Å². The van der Waals surface area contributed by atoms with Gasteiger partial charge >= 0.3 is 49.6 Å². The number of hydrogen-bond acceptors (Lipinski definition) is 2. The van der Waals surface area contributed by atoms with E-state index in [1.54, 1.807) is 0 Å². The highest BCUT2D eigenvalue weighted by molar-refractivity contribution is 7.12. The van der Waals surface area contributed by atoms with Gasteiger partial charge in [0.2, 0.25) is 0 Å². The van der Waals surface area contributed by atoms with Crippen LogP contribution in [0.4, 0.5) is 65.9 Å². The Morgan fingerprint density at radius 2 is 0.909 bits per heavy atom. The van der Waals surface area contributed by atoms with E-state index in [9.17, 15) is 65.9 Å². The zero-order valence-electron chi connectivity index (χ0n) is 16.4. The Hall–Kier alpha value is -0.623. The summed E-state index contributed by atoms with van der Waals surface area (Å²) in [6, 6.07) is -0.827. The number of alkyl halides is 15. The fourth-order valence-corrected chi connectivity index (χ4v) is 5.18. The average molecular weight is 565 g/mol. The number of rotatable bonds is 13. The summed E-state index contributed by atoms with van der Waals surface area (Å²) in [7, 11) is -3.85. The first-order valence-electron chi connectivity index (χ1n) is 8.63. The first-order chi connectivity index (χ1) is 14.3. The van der Waals surface area contributed by atoms with Gasteiger partial charge in [-0.25, -0.2) is 0 Å². The molecule has 200 valence electrons. The molecule has 0 saturated heterocycles. The molecule has 0 aliphatic rings. The summed E-state index contributed by atoms with van der Waals surface area (Å²) in [5, 5.41) is 0. The van der Waals surface area contributed by atoms with Gasteiger partial charge in [-0.05, 0) is 20.3 Å². The van der Waals surface area contributed by atoms with Crippen molar-refractivity contribution >= 4 is 18.9 Å². The van der Waals surface area contributed by atoms with Crippen LogP contribution < -0.4 is 0 Å². The summed E-state index contributed by atoms with van der Waals surface area (Å²) in [5.41, 5.74) is 0. The zero-order valence-corrected chi connectivity index (χ0v) is 18.2. The summed E-state index contributed by atoms with van der Waals surface area (Å²) in [6.45, 7) is 2.31. The van der Waals surface area contributed by atoms with Gasteiger partial charge in [0.15, 0.2) is 0 Å². The van der Waals surface area contributed by atoms with Crippen LogP contribution in [0.2, 0.25) is 6.04 Å². The van der Waals surface area contributed by atoms with Gasteiger partial charge in [0, 0.05) is 25.7 Å². The summed E-state index contributed by atoms with van der Waals surface area (Å²) >= 11 is 5.80. The van der Waals surface area contributed by atoms with Gasteiger partial charge in [-0.2, -0.15) is 65.9 Å². The van der Waals surface area contributed by atoms with E-state index in [0.717, 1.165) is 0 Å². The Morgan fingerprint density at radius 1 is 0.576 bits per heavy atom. The molecule has 2 nitrogen and oxygen atoms in total. The molecule has 0 bridgehead atoms. The Morgan fingerprint density at radius 3 is 1.24 bits per heavy atom. The molecule has 0 fully saturated rings. The molecule has 0 heterocycles.